The van der Waals surface area contributed by atoms with Crippen LogP contribution in [0.2, 0.25) is 0 Å². The van der Waals surface area contributed by atoms with E-state index in [1.54, 1.807) is 12.1 Å². The number of nitrogens with zero attached hydrogens (tertiary/aromatic N) is 2. The van der Waals surface area contributed by atoms with Crippen LogP contribution in [0.3, 0.4) is 0 Å². The Morgan fingerprint density at radius 3 is 2.13 bits per heavy atom. The van der Waals surface area contributed by atoms with E-state index in [-0.39, 0.29) is 11.4 Å². The maximum Gasteiger partial charge on any atom is 0.240 e. The number of rotatable bonds is 8. The minimum atomic E-state index is -3.62. The molecule has 0 saturated heterocycles. The zero-order valence-corrected chi connectivity index (χ0v) is 18.2. The van der Waals surface area contributed by atoms with Crippen molar-refractivity contribution in [2.45, 2.75) is 31.3 Å². The summed E-state index contributed by atoms with van der Waals surface area (Å²) >= 11 is 0. The van der Waals surface area contributed by atoms with Gasteiger partial charge in [-0.3, -0.25) is 4.68 Å². The third kappa shape index (κ3) is 5.10. The van der Waals surface area contributed by atoms with E-state index in [2.05, 4.69) is 4.72 Å². The van der Waals surface area contributed by atoms with Gasteiger partial charge in [0.25, 0.3) is 0 Å². The molecule has 0 unspecified atom stereocenters. The van der Waals surface area contributed by atoms with Crippen molar-refractivity contribution in [2.75, 3.05) is 0 Å². The van der Waals surface area contributed by atoms with E-state index < -0.39 is 10.0 Å². The molecule has 1 N–H and O–H groups in total. The molecule has 0 saturated carbocycles. The summed E-state index contributed by atoms with van der Waals surface area (Å²) in [4.78, 5) is 0.266. The van der Waals surface area contributed by atoms with Crippen molar-refractivity contribution in [3.8, 4) is 11.3 Å². The summed E-state index contributed by atoms with van der Waals surface area (Å²) in [6.07, 6.45) is 2.78. The van der Waals surface area contributed by atoms with E-state index in [9.17, 15) is 8.42 Å². The molecule has 0 atom stereocenters. The zero-order valence-electron chi connectivity index (χ0n) is 17.4. The molecular weight excluding hydrogens is 406 g/mol. The van der Waals surface area contributed by atoms with Crippen LogP contribution >= 0.6 is 0 Å². The van der Waals surface area contributed by atoms with Crippen LogP contribution < -0.4 is 4.72 Å². The van der Waals surface area contributed by atoms with Crippen LogP contribution in [0.4, 0.5) is 0 Å². The first-order chi connectivity index (χ1) is 15.0. The summed E-state index contributed by atoms with van der Waals surface area (Å²) in [5.41, 5.74) is 4.80. The Labute approximate surface area is 183 Å². The summed E-state index contributed by atoms with van der Waals surface area (Å²) in [6, 6.07) is 26.9. The molecule has 0 radical (unpaired) electrons. The van der Waals surface area contributed by atoms with E-state index in [4.69, 9.17) is 5.10 Å². The molecular formula is C25H25N3O2S. The first-order valence-corrected chi connectivity index (χ1v) is 11.8. The topological polar surface area (TPSA) is 64.0 Å². The highest BCUT2D eigenvalue weighted by Gasteiger charge is 2.17. The van der Waals surface area contributed by atoms with Crippen LogP contribution in [0.5, 0.6) is 0 Å². The Hall–Kier alpha value is -3.22. The van der Waals surface area contributed by atoms with Gasteiger partial charge in [0.05, 0.1) is 17.1 Å². The fourth-order valence-electron chi connectivity index (χ4n) is 3.44. The smallest absolute Gasteiger partial charge is 0.240 e. The number of hydrogen-bond acceptors (Lipinski definition) is 3. The Morgan fingerprint density at radius 2 is 1.48 bits per heavy atom. The van der Waals surface area contributed by atoms with Gasteiger partial charge in [0.1, 0.15) is 0 Å². The summed E-state index contributed by atoms with van der Waals surface area (Å²) in [7, 11) is -3.62. The van der Waals surface area contributed by atoms with E-state index in [0.717, 1.165) is 34.4 Å². The molecule has 5 nitrogen and oxygen atoms in total. The van der Waals surface area contributed by atoms with Crippen LogP contribution in [0, 0.1) is 0 Å². The van der Waals surface area contributed by atoms with Crippen LogP contribution in [0.15, 0.2) is 96.0 Å². The Balaban J connectivity index is 1.60. The van der Waals surface area contributed by atoms with Crippen molar-refractivity contribution in [3.05, 3.63) is 108 Å². The van der Waals surface area contributed by atoms with Crippen molar-refractivity contribution in [2.24, 2.45) is 0 Å². The molecule has 158 valence electrons. The number of sulfonamides is 1. The molecule has 1 aromatic heterocycles. The van der Waals surface area contributed by atoms with Gasteiger partial charge in [0, 0.05) is 23.9 Å². The predicted molar refractivity (Wildman–Crippen MR) is 123 cm³/mol. The molecule has 6 heteroatoms. The monoisotopic (exact) mass is 431 g/mol. The van der Waals surface area contributed by atoms with Crippen molar-refractivity contribution in [1.29, 1.82) is 0 Å². The maximum absolute atomic E-state index is 12.8. The lowest BCUT2D eigenvalue weighted by atomic mass is 10.1. The number of hydrogen-bond donors (Lipinski definition) is 1. The van der Waals surface area contributed by atoms with Crippen LogP contribution in [0.1, 0.15) is 23.6 Å². The van der Waals surface area contributed by atoms with Crippen LogP contribution in [-0.4, -0.2) is 18.2 Å². The Kier molecular flexibility index (Phi) is 6.30. The molecule has 0 fully saturated rings. The standard InChI is InChI=1S/C25H25N3O2S/c1-2-20-13-15-24(16-14-20)31(29,30)26-17-23-19-28(18-21-9-5-3-6-10-21)27-25(23)22-11-7-4-8-12-22/h3-16,19,26H,2,17-18H2,1H3. The lowest BCUT2D eigenvalue weighted by Crippen LogP contribution is -2.23. The second-order valence-electron chi connectivity index (χ2n) is 7.37. The highest BCUT2D eigenvalue weighted by molar-refractivity contribution is 7.89. The molecule has 0 aliphatic rings. The quantitative estimate of drug-likeness (QED) is 0.442. The normalized spacial score (nSPS) is 11.5. The van der Waals surface area contributed by atoms with Gasteiger partial charge in [0.15, 0.2) is 0 Å². The number of nitrogens with one attached hydrogen (secondary N) is 1. The second kappa shape index (κ2) is 9.29. The van der Waals surface area contributed by atoms with E-state index in [0.29, 0.717) is 6.54 Å². The average molecular weight is 432 g/mol. The van der Waals surface area contributed by atoms with Gasteiger partial charge in [-0.1, -0.05) is 79.7 Å². The summed E-state index contributed by atoms with van der Waals surface area (Å²) < 4.78 is 30.2. The van der Waals surface area contributed by atoms with E-state index in [1.165, 1.54) is 0 Å². The van der Waals surface area contributed by atoms with Gasteiger partial charge in [0.2, 0.25) is 10.0 Å². The summed E-state index contributed by atoms with van der Waals surface area (Å²) in [5.74, 6) is 0. The third-order valence-corrected chi connectivity index (χ3v) is 6.58. The molecule has 0 aliphatic heterocycles. The molecule has 1 heterocycles. The minimum Gasteiger partial charge on any atom is -0.267 e. The van der Waals surface area contributed by atoms with Crippen LogP contribution in [0.25, 0.3) is 11.3 Å². The minimum absolute atomic E-state index is 0.164. The van der Waals surface area contributed by atoms with Gasteiger partial charge in [-0.15, -0.1) is 0 Å². The van der Waals surface area contributed by atoms with Crippen molar-refractivity contribution in [3.63, 3.8) is 0 Å². The van der Waals surface area contributed by atoms with Gasteiger partial charge < -0.3 is 0 Å². The van der Waals surface area contributed by atoms with E-state index >= 15 is 0 Å². The fourth-order valence-corrected chi connectivity index (χ4v) is 4.45. The molecule has 0 bridgehead atoms. The second-order valence-corrected chi connectivity index (χ2v) is 9.14. The molecule has 0 amide bonds. The Morgan fingerprint density at radius 1 is 0.839 bits per heavy atom. The molecule has 0 spiro atoms. The van der Waals surface area contributed by atoms with Crippen molar-refractivity contribution in [1.82, 2.24) is 14.5 Å². The van der Waals surface area contributed by atoms with Crippen molar-refractivity contribution >= 4 is 10.0 Å². The van der Waals surface area contributed by atoms with Gasteiger partial charge in [-0.25, -0.2) is 13.1 Å². The Bertz CT molecular complexity index is 1230. The third-order valence-electron chi connectivity index (χ3n) is 5.17. The number of aromatic nitrogens is 2. The SMILES string of the molecule is CCc1ccc(S(=O)(=O)NCc2cn(Cc3ccccc3)nc2-c2ccccc2)cc1. The first-order valence-electron chi connectivity index (χ1n) is 10.3. The number of benzene rings is 3. The summed E-state index contributed by atoms with van der Waals surface area (Å²) in [5, 5.41) is 4.75. The first kappa shape index (κ1) is 21.0. The predicted octanol–water partition coefficient (Wildman–Crippen LogP) is 4.64. The fraction of sp³-hybridized carbons (Fsp3) is 0.160. The highest BCUT2D eigenvalue weighted by atomic mass is 32.2. The molecule has 4 aromatic rings. The van der Waals surface area contributed by atoms with Crippen molar-refractivity contribution < 1.29 is 8.42 Å². The molecule has 31 heavy (non-hydrogen) atoms. The molecule has 0 aliphatic carbocycles. The van der Waals surface area contributed by atoms with E-state index in [1.807, 2.05) is 90.6 Å². The number of aryl methyl sites for hydroxylation is 1. The zero-order chi connectivity index (χ0) is 21.7. The highest BCUT2D eigenvalue weighted by Crippen LogP contribution is 2.23. The largest absolute Gasteiger partial charge is 0.267 e. The summed E-state index contributed by atoms with van der Waals surface area (Å²) in [6.45, 7) is 2.82. The van der Waals surface area contributed by atoms with Crippen LogP contribution in [-0.2, 0) is 29.5 Å². The van der Waals surface area contributed by atoms with Gasteiger partial charge >= 0.3 is 0 Å². The lowest BCUT2D eigenvalue weighted by Gasteiger charge is -2.08. The maximum atomic E-state index is 12.8. The lowest BCUT2D eigenvalue weighted by molar-refractivity contribution is 0.581. The average Bonchev–Trinajstić information content (AvgIpc) is 3.22. The van der Waals surface area contributed by atoms with Gasteiger partial charge in [-0.05, 0) is 29.7 Å². The molecule has 3 aromatic carbocycles. The molecule has 4 rings (SSSR count). The van der Waals surface area contributed by atoms with Gasteiger partial charge in [-0.2, -0.15) is 5.10 Å².